The van der Waals surface area contributed by atoms with Crippen LogP contribution in [0.4, 0.5) is 5.95 Å². The number of benzene rings is 2. The van der Waals surface area contributed by atoms with Crippen molar-refractivity contribution >= 4 is 35.3 Å². The summed E-state index contributed by atoms with van der Waals surface area (Å²) in [6, 6.07) is 12.6. The van der Waals surface area contributed by atoms with Crippen LogP contribution in [0.1, 0.15) is 37.9 Å². The van der Waals surface area contributed by atoms with Gasteiger partial charge in [-0.25, -0.2) is 9.48 Å². The van der Waals surface area contributed by atoms with Gasteiger partial charge in [0, 0.05) is 16.5 Å². The maximum absolute atomic E-state index is 13.2. The summed E-state index contributed by atoms with van der Waals surface area (Å²) in [4.78, 5) is 17.9. The van der Waals surface area contributed by atoms with Crippen molar-refractivity contribution in [2.24, 2.45) is 0 Å². The molecule has 2 heterocycles. The molecule has 1 aliphatic heterocycles. The van der Waals surface area contributed by atoms with Crippen LogP contribution < -0.4 is 14.8 Å². The zero-order valence-electron chi connectivity index (χ0n) is 20.2. The van der Waals surface area contributed by atoms with Crippen LogP contribution in [0.2, 0.25) is 5.02 Å². The Kier molecular flexibility index (Phi) is 7.57. The van der Waals surface area contributed by atoms with E-state index in [0.717, 1.165) is 11.1 Å². The molecule has 0 fully saturated rings. The number of hydrogen-bond donors (Lipinski definition) is 1. The Morgan fingerprint density at radius 3 is 2.60 bits per heavy atom. The fourth-order valence-corrected chi connectivity index (χ4v) is 4.94. The third-order valence-electron chi connectivity index (χ3n) is 5.43. The molecule has 184 valence electrons. The molecule has 0 amide bonds. The number of esters is 1. The lowest BCUT2D eigenvalue weighted by Crippen LogP contribution is -2.30. The number of hydrogen-bond acceptors (Lipinski definition) is 8. The minimum absolute atomic E-state index is 0.271. The SMILES string of the molecule is COc1ccc(C2C(C(=O)OC(C)C)=C(C)Nc3nc(SCc4ccccc4Cl)nn32)cc1OC. The van der Waals surface area contributed by atoms with Gasteiger partial charge in [-0.2, -0.15) is 4.98 Å². The van der Waals surface area contributed by atoms with Gasteiger partial charge in [-0.15, -0.1) is 5.10 Å². The van der Waals surface area contributed by atoms with E-state index in [1.807, 2.05) is 57.2 Å². The third kappa shape index (κ3) is 5.26. The Labute approximate surface area is 213 Å². The minimum atomic E-state index is -0.570. The number of halogens is 1. The molecule has 0 spiro atoms. The second kappa shape index (κ2) is 10.6. The molecular formula is C25H27ClN4O4S. The van der Waals surface area contributed by atoms with Crippen molar-refractivity contribution in [1.29, 1.82) is 0 Å². The van der Waals surface area contributed by atoms with Crippen LogP contribution in [0, 0.1) is 0 Å². The summed E-state index contributed by atoms with van der Waals surface area (Å²) in [5.41, 5.74) is 2.88. The average molecular weight is 515 g/mol. The summed E-state index contributed by atoms with van der Waals surface area (Å²) >= 11 is 7.78. The predicted octanol–water partition coefficient (Wildman–Crippen LogP) is 5.48. The molecular weight excluding hydrogens is 488 g/mol. The van der Waals surface area contributed by atoms with E-state index in [1.165, 1.54) is 11.8 Å². The smallest absolute Gasteiger partial charge is 0.338 e. The Morgan fingerprint density at radius 2 is 1.91 bits per heavy atom. The maximum atomic E-state index is 13.2. The number of nitrogens with one attached hydrogen (secondary N) is 1. The molecule has 0 saturated heterocycles. The molecule has 0 saturated carbocycles. The number of nitrogens with zero attached hydrogens (tertiary/aromatic N) is 3. The van der Waals surface area contributed by atoms with Gasteiger partial charge >= 0.3 is 5.97 Å². The molecule has 1 N–H and O–H groups in total. The molecule has 1 aromatic heterocycles. The van der Waals surface area contributed by atoms with Gasteiger partial charge in [0.25, 0.3) is 0 Å². The van der Waals surface area contributed by atoms with Crippen LogP contribution in [0.15, 0.2) is 58.9 Å². The normalized spacial score (nSPS) is 15.0. The Balaban J connectivity index is 1.75. The van der Waals surface area contributed by atoms with Crippen molar-refractivity contribution in [2.45, 2.75) is 43.8 Å². The zero-order valence-corrected chi connectivity index (χ0v) is 21.7. The summed E-state index contributed by atoms with van der Waals surface area (Å²) in [5.74, 6) is 1.86. The van der Waals surface area contributed by atoms with E-state index in [0.29, 0.717) is 44.6 Å². The van der Waals surface area contributed by atoms with Crippen LogP contribution in [0.5, 0.6) is 11.5 Å². The number of carbonyl (C=O) groups is 1. The molecule has 2 aromatic carbocycles. The Bertz CT molecular complexity index is 1270. The van der Waals surface area contributed by atoms with Crippen molar-refractivity contribution in [3.63, 3.8) is 0 Å². The topological polar surface area (TPSA) is 87.5 Å². The van der Waals surface area contributed by atoms with Crippen LogP contribution in [0.3, 0.4) is 0 Å². The molecule has 10 heteroatoms. The van der Waals surface area contributed by atoms with Crippen molar-refractivity contribution in [2.75, 3.05) is 19.5 Å². The molecule has 4 rings (SSSR count). The van der Waals surface area contributed by atoms with Gasteiger partial charge < -0.3 is 19.5 Å². The van der Waals surface area contributed by atoms with Crippen LogP contribution >= 0.6 is 23.4 Å². The quantitative estimate of drug-likeness (QED) is 0.312. The third-order valence-corrected chi connectivity index (χ3v) is 6.69. The number of methoxy groups -OCH3 is 2. The highest BCUT2D eigenvalue weighted by atomic mass is 35.5. The number of fused-ring (bicyclic) bond motifs is 1. The average Bonchev–Trinajstić information content (AvgIpc) is 3.24. The number of anilines is 1. The lowest BCUT2D eigenvalue weighted by atomic mass is 9.95. The van der Waals surface area contributed by atoms with Gasteiger partial charge in [-0.05, 0) is 50.1 Å². The van der Waals surface area contributed by atoms with E-state index < -0.39 is 12.0 Å². The number of thioether (sulfide) groups is 1. The van der Waals surface area contributed by atoms with Crippen LogP contribution in [-0.4, -0.2) is 41.1 Å². The summed E-state index contributed by atoms with van der Waals surface area (Å²) in [6.45, 7) is 5.47. The molecule has 1 aliphatic rings. The standard InChI is InChI=1S/C25H27ClN4O4S/c1-14(2)34-23(31)21-15(3)27-24-28-25(35-13-17-8-6-7-9-18(17)26)29-30(24)22(21)16-10-11-19(32-4)20(12-16)33-5/h6-12,14,22H,13H2,1-5H3,(H,27,28,29). The van der Waals surface area contributed by atoms with E-state index in [9.17, 15) is 4.79 Å². The molecule has 3 aromatic rings. The molecule has 0 radical (unpaired) electrons. The van der Waals surface area contributed by atoms with Gasteiger partial charge in [0.05, 0.1) is 25.9 Å². The largest absolute Gasteiger partial charge is 0.493 e. The highest BCUT2D eigenvalue weighted by Gasteiger charge is 2.36. The molecule has 1 atom stereocenters. The van der Waals surface area contributed by atoms with E-state index in [1.54, 1.807) is 25.0 Å². The number of rotatable bonds is 8. The van der Waals surface area contributed by atoms with Crippen LogP contribution in [-0.2, 0) is 15.3 Å². The first-order valence-electron chi connectivity index (χ1n) is 11.1. The lowest BCUT2D eigenvalue weighted by molar-refractivity contribution is -0.143. The van der Waals surface area contributed by atoms with Crippen molar-refractivity contribution in [3.05, 3.63) is 69.9 Å². The van der Waals surface area contributed by atoms with Gasteiger partial charge in [-0.3, -0.25) is 0 Å². The maximum Gasteiger partial charge on any atom is 0.338 e. The van der Waals surface area contributed by atoms with Crippen molar-refractivity contribution in [1.82, 2.24) is 14.8 Å². The minimum Gasteiger partial charge on any atom is -0.493 e. The highest BCUT2D eigenvalue weighted by molar-refractivity contribution is 7.98. The first-order valence-corrected chi connectivity index (χ1v) is 12.4. The summed E-state index contributed by atoms with van der Waals surface area (Å²) in [6.07, 6.45) is -0.271. The summed E-state index contributed by atoms with van der Waals surface area (Å²) < 4.78 is 18.2. The monoisotopic (exact) mass is 514 g/mol. The second-order valence-corrected chi connectivity index (χ2v) is 9.53. The van der Waals surface area contributed by atoms with Crippen LogP contribution in [0.25, 0.3) is 0 Å². The molecule has 0 aliphatic carbocycles. The predicted molar refractivity (Wildman–Crippen MR) is 136 cm³/mol. The zero-order chi connectivity index (χ0) is 25.1. The van der Waals surface area contributed by atoms with Gasteiger partial charge in [0.2, 0.25) is 11.1 Å². The van der Waals surface area contributed by atoms with Gasteiger partial charge in [0.1, 0.15) is 6.04 Å². The molecule has 8 nitrogen and oxygen atoms in total. The fourth-order valence-electron chi connectivity index (χ4n) is 3.82. The van der Waals surface area contributed by atoms with E-state index in [2.05, 4.69) is 10.3 Å². The number of ether oxygens (including phenoxy) is 3. The lowest BCUT2D eigenvalue weighted by Gasteiger charge is -2.29. The molecule has 35 heavy (non-hydrogen) atoms. The number of allylic oxidation sites excluding steroid dienone is 1. The first-order chi connectivity index (χ1) is 16.8. The molecule has 1 unspecified atom stereocenters. The first kappa shape index (κ1) is 24.9. The van der Waals surface area contributed by atoms with Crippen molar-refractivity contribution in [3.8, 4) is 11.5 Å². The molecule has 0 bridgehead atoms. The second-order valence-electron chi connectivity index (χ2n) is 8.18. The fraction of sp³-hybridized carbons (Fsp3) is 0.320. The summed E-state index contributed by atoms with van der Waals surface area (Å²) in [5, 5.41) is 9.22. The highest BCUT2D eigenvalue weighted by Crippen LogP contribution is 2.40. The van der Waals surface area contributed by atoms with E-state index in [-0.39, 0.29) is 6.10 Å². The van der Waals surface area contributed by atoms with Gasteiger partial charge in [-0.1, -0.05) is 47.6 Å². The Hall–Kier alpha value is -3.17. The van der Waals surface area contributed by atoms with E-state index in [4.69, 9.17) is 30.9 Å². The number of aromatic nitrogens is 3. The summed E-state index contributed by atoms with van der Waals surface area (Å²) in [7, 11) is 3.15. The number of carbonyl (C=O) groups excluding carboxylic acids is 1. The van der Waals surface area contributed by atoms with E-state index >= 15 is 0 Å². The van der Waals surface area contributed by atoms with Crippen molar-refractivity contribution < 1.29 is 19.0 Å². The Morgan fingerprint density at radius 1 is 1.17 bits per heavy atom. The van der Waals surface area contributed by atoms with Gasteiger partial charge in [0.15, 0.2) is 11.5 Å².